The highest BCUT2D eigenvalue weighted by Crippen LogP contribution is 2.24. The molecule has 5 heteroatoms. The van der Waals surface area contributed by atoms with Crippen LogP contribution in [-0.4, -0.2) is 17.1 Å². The molecule has 0 aliphatic heterocycles. The van der Waals surface area contributed by atoms with Crippen LogP contribution in [0.1, 0.15) is 32.5 Å². The molecule has 1 unspecified atom stereocenters. The Morgan fingerprint density at radius 3 is 2.75 bits per heavy atom. The largest absolute Gasteiger partial charge is 0.383 e. The maximum Gasteiger partial charge on any atom is 0.141 e. The van der Waals surface area contributed by atoms with Crippen LogP contribution in [0.3, 0.4) is 0 Å². The Morgan fingerprint density at radius 2 is 2.19 bits per heavy atom. The van der Waals surface area contributed by atoms with Gasteiger partial charge in [-0.1, -0.05) is 11.6 Å². The number of anilines is 1. The van der Waals surface area contributed by atoms with Gasteiger partial charge < -0.3 is 11.1 Å². The minimum Gasteiger partial charge on any atom is -0.383 e. The molecule has 1 aromatic heterocycles. The highest BCUT2D eigenvalue weighted by Gasteiger charge is 2.17. The summed E-state index contributed by atoms with van der Waals surface area (Å²) >= 11 is 5.75. The summed E-state index contributed by atoms with van der Waals surface area (Å²) in [5.41, 5.74) is 5.80. The van der Waals surface area contributed by atoms with Crippen LogP contribution < -0.4 is 11.1 Å². The lowest BCUT2D eigenvalue weighted by Gasteiger charge is -2.22. The van der Waals surface area contributed by atoms with Gasteiger partial charge in [0.15, 0.2) is 0 Å². The third-order valence-corrected chi connectivity index (χ3v) is 2.27. The van der Waals surface area contributed by atoms with Gasteiger partial charge >= 0.3 is 0 Å². The van der Waals surface area contributed by atoms with Gasteiger partial charge in [0.1, 0.15) is 12.0 Å². The zero-order valence-corrected chi connectivity index (χ0v) is 10.5. The standard InChI is InChI=1S/C11H17ClFN3/c1-11(2,3)16-6-9(13)8-4-7(12)5-15-10(8)14/h4-5,9,16H,6H2,1-3H3,(H2,14,15). The van der Waals surface area contributed by atoms with Crippen molar-refractivity contribution in [3.63, 3.8) is 0 Å². The van der Waals surface area contributed by atoms with Crippen LogP contribution >= 0.6 is 11.6 Å². The molecule has 1 heterocycles. The van der Waals surface area contributed by atoms with E-state index in [1.807, 2.05) is 20.8 Å². The highest BCUT2D eigenvalue weighted by atomic mass is 35.5. The number of nitrogens with zero attached hydrogens (tertiary/aromatic N) is 1. The van der Waals surface area contributed by atoms with Crippen LogP contribution in [0.15, 0.2) is 12.3 Å². The summed E-state index contributed by atoms with van der Waals surface area (Å²) < 4.78 is 13.9. The second kappa shape index (κ2) is 4.97. The topological polar surface area (TPSA) is 50.9 Å². The first-order valence-corrected chi connectivity index (χ1v) is 5.47. The summed E-state index contributed by atoms with van der Waals surface area (Å²) in [7, 11) is 0. The molecule has 1 aromatic rings. The van der Waals surface area contributed by atoms with E-state index in [2.05, 4.69) is 10.3 Å². The van der Waals surface area contributed by atoms with Crippen LogP contribution in [0.4, 0.5) is 10.2 Å². The summed E-state index contributed by atoms with van der Waals surface area (Å²) in [6, 6.07) is 1.51. The molecular weight excluding hydrogens is 229 g/mol. The lowest BCUT2D eigenvalue weighted by molar-refractivity contribution is 0.292. The number of nitrogens with one attached hydrogen (secondary N) is 1. The number of halogens is 2. The lowest BCUT2D eigenvalue weighted by atomic mass is 10.1. The van der Waals surface area contributed by atoms with Crippen molar-refractivity contribution in [3.05, 3.63) is 22.8 Å². The van der Waals surface area contributed by atoms with Crippen molar-refractivity contribution in [1.29, 1.82) is 0 Å². The van der Waals surface area contributed by atoms with Crippen molar-refractivity contribution in [2.45, 2.75) is 32.5 Å². The van der Waals surface area contributed by atoms with Crippen molar-refractivity contribution in [2.75, 3.05) is 12.3 Å². The Kier molecular flexibility index (Phi) is 4.10. The molecule has 0 bridgehead atoms. The van der Waals surface area contributed by atoms with E-state index in [0.29, 0.717) is 10.6 Å². The van der Waals surface area contributed by atoms with Crippen molar-refractivity contribution >= 4 is 17.4 Å². The van der Waals surface area contributed by atoms with E-state index in [9.17, 15) is 4.39 Å². The molecular formula is C11H17ClFN3. The average Bonchev–Trinajstić information content (AvgIpc) is 2.17. The van der Waals surface area contributed by atoms with Gasteiger partial charge in [-0.15, -0.1) is 0 Å². The number of alkyl halides is 1. The summed E-state index contributed by atoms with van der Waals surface area (Å²) in [6.07, 6.45) is 0.204. The third-order valence-electron chi connectivity index (χ3n) is 2.07. The van der Waals surface area contributed by atoms with Crippen molar-refractivity contribution < 1.29 is 4.39 Å². The van der Waals surface area contributed by atoms with Gasteiger partial charge in [0, 0.05) is 23.8 Å². The summed E-state index contributed by atoms with van der Waals surface area (Å²) in [5, 5.41) is 3.46. The number of hydrogen-bond donors (Lipinski definition) is 2. The van der Waals surface area contributed by atoms with E-state index in [4.69, 9.17) is 17.3 Å². The Balaban J connectivity index is 2.73. The fourth-order valence-corrected chi connectivity index (χ4v) is 1.39. The number of rotatable bonds is 3. The first-order chi connectivity index (χ1) is 7.29. The van der Waals surface area contributed by atoms with Crippen LogP contribution in [0.5, 0.6) is 0 Å². The molecule has 90 valence electrons. The summed E-state index contributed by atoms with van der Waals surface area (Å²) in [6.45, 7) is 6.10. The predicted octanol–water partition coefficient (Wildman–Crippen LogP) is 2.72. The van der Waals surface area contributed by atoms with E-state index in [1.54, 1.807) is 0 Å². The number of nitrogens with two attached hydrogens (primary N) is 1. The van der Waals surface area contributed by atoms with E-state index < -0.39 is 6.17 Å². The second-order valence-corrected chi connectivity index (χ2v) is 5.16. The minimum atomic E-state index is -1.20. The van der Waals surface area contributed by atoms with Crippen molar-refractivity contribution in [1.82, 2.24) is 10.3 Å². The van der Waals surface area contributed by atoms with Crippen LogP contribution in [0.25, 0.3) is 0 Å². The molecule has 3 N–H and O–H groups in total. The molecule has 0 radical (unpaired) electrons. The molecule has 1 atom stereocenters. The van der Waals surface area contributed by atoms with E-state index in [0.717, 1.165) is 0 Å². The number of aromatic nitrogens is 1. The SMILES string of the molecule is CC(C)(C)NCC(F)c1cc(Cl)cnc1N. The fourth-order valence-electron chi connectivity index (χ4n) is 1.22. The molecule has 1 rings (SSSR count). The summed E-state index contributed by atoms with van der Waals surface area (Å²) in [4.78, 5) is 3.82. The normalized spacial score (nSPS) is 13.8. The molecule has 0 aliphatic carbocycles. The first-order valence-electron chi connectivity index (χ1n) is 5.09. The van der Waals surface area contributed by atoms with Gasteiger partial charge in [-0.05, 0) is 26.8 Å². The highest BCUT2D eigenvalue weighted by molar-refractivity contribution is 6.30. The lowest BCUT2D eigenvalue weighted by Crippen LogP contribution is -2.38. The van der Waals surface area contributed by atoms with Gasteiger partial charge in [-0.3, -0.25) is 0 Å². The Morgan fingerprint density at radius 1 is 1.56 bits per heavy atom. The predicted molar refractivity (Wildman–Crippen MR) is 65.3 cm³/mol. The van der Waals surface area contributed by atoms with Crippen LogP contribution in [0, 0.1) is 0 Å². The maximum atomic E-state index is 13.9. The van der Waals surface area contributed by atoms with Gasteiger partial charge in [0.25, 0.3) is 0 Å². The van der Waals surface area contributed by atoms with Gasteiger partial charge in [-0.2, -0.15) is 0 Å². The smallest absolute Gasteiger partial charge is 0.141 e. The van der Waals surface area contributed by atoms with Crippen LogP contribution in [-0.2, 0) is 0 Å². The Hall–Kier alpha value is -0.870. The number of nitrogen functional groups attached to an aromatic ring is 1. The average molecular weight is 246 g/mol. The molecule has 3 nitrogen and oxygen atoms in total. The molecule has 0 aliphatic rings. The third kappa shape index (κ3) is 3.94. The monoisotopic (exact) mass is 245 g/mol. The van der Waals surface area contributed by atoms with Crippen molar-refractivity contribution in [3.8, 4) is 0 Å². The second-order valence-electron chi connectivity index (χ2n) is 4.73. The Bertz CT molecular complexity index is 363. The van der Waals surface area contributed by atoms with E-state index >= 15 is 0 Å². The quantitative estimate of drug-likeness (QED) is 0.861. The first kappa shape index (κ1) is 13.2. The molecule has 0 saturated carbocycles. The minimum absolute atomic E-state index is 0.134. The molecule has 0 spiro atoms. The van der Waals surface area contributed by atoms with E-state index in [-0.39, 0.29) is 17.9 Å². The van der Waals surface area contributed by atoms with Crippen LogP contribution in [0.2, 0.25) is 5.02 Å². The van der Waals surface area contributed by atoms with Gasteiger partial charge in [-0.25, -0.2) is 9.37 Å². The van der Waals surface area contributed by atoms with E-state index in [1.165, 1.54) is 12.3 Å². The molecule has 0 fully saturated rings. The summed E-state index contributed by atoms with van der Waals surface area (Å²) in [5.74, 6) is 0.188. The van der Waals surface area contributed by atoms with Crippen molar-refractivity contribution in [2.24, 2.45) is 0 Å². The molecule has 0 saturated heterocycles. The molecule has 0 amide bonds. The zero-order chi connectivity index (χ0) is 12.3. The van der Waals surface area contributed by atoms with Gasteiger partial charge in [0.2, 0.25) is 0 Å². The number of hydrogen-bond acceptors (Lipinski definition) is 3. The maximum absolute atomic E-state index is 13.9. The fraction of sp³-hybridized carbons (Fsp3) is 0.545. The number of pyridine rings is 1. The molecule has 0 aromatic carbocycles. The molecule has 16 heavy (non-hydrogen) atoms. The van der Waals surface area contributed by atoms with Gasteiger partial charge in [0.05, 0.1) is 5.02 Å². The Labute approximate surface area is 100 Å². The zero-order valence-electron chi connectivity index (χ0n) is 9.72.